The minimum Gasteiger partial charge on any atom is -0.340 e. The molecule has 1 unspecified atom stereocenters. The van der Waals surface area contributed by atoms with Crippen LogP contribution in [0.25, 0.3) is 0 Å². The molecule has 1 saturated heterocycles. The molecule has 1 aromatic carbocycles. The van der Waals surface area contributed by atoms with Gasteiger partial charge in [-0.2, -0.15) is 0 Å². The normalized spacial score (nSPS) is 26.0. The van der Waals surface area contributed by atoms with Crippen molar-refractivity contribution in [3.63, 3.8) is 0 Å². The molecule has 35 heavy (non-hydrogen) atoms. The Bertz CT molecular complexity index is 1030. The van der Waals surface area contributed by atoms with Crippen LogP contribution in [0.5, 0.6) is 0 Å². The molecule has 196 valence electrons. The van der Waals surface area contributed by atoms with Gasteiger partial charge < -0.3 is 15.1 Å². The van der Waals surface area contributed by atoms with Crippen LogP contribution >= 0.6 is 0 Å². The summed E-state index contributed by atoms with van der Waals surface area (Å²) in [6.07, 6.45) is 4.29. The standard InChI is InChI=1S/C27H43N3O4S/c1-18(2)29(6)22-11-12-24(20(16-22)17-35(7,33)34)30-14-13-23(26(30)32)28-25(31)19-9-8-10-21(15-19)27(3,4)5/h8-10,15,18,20,22-24H,11-14,16-17H2,1-7H3,(H,28,31)/t20-,22+,23?,24-/m0/s1. The van der Waals surface area contributed by atoms with Crippen molar-refractivity contribution in [1.82, 2.24) is 15.1 Å². The number of hydrogen-bond donors (Lipinski definition) is 1. The van der Waals surface area contributed by atoms with Gasteiger partial charge in [0.1, 0.15) is 15.9 Å². The Morgan fingerprint density at radius 1 is 1.20 bits per heavy atom. The van der Waals surface area contributed by atoms with Crippen LogP contribution in [-0.4, -0.2) is 79.8 Å². The molecule has 4 atom stereocenters. The average molecular weight is 506 g/mol. The van der Waals surface area contributed by atoms with E-state index >= 15 is 0 Å². The maximum atomic E-state index is 13.4. The molecule has 8 heteroatoms. The number of likely N-dealkylation sites (tertiary alicyclic amines) is 1. The Kier molecular flexibility index (Phi) is 8.37. The fourth-order valence-corrected chi connectivity index (χ4v) is 6.66. The largest absolute Gasteiger partial charge is 0.340 e. The Labute approximate surface area is 211 Å². The zero-order valence-corrected chi connectivity index (χ0v) is 23.2. The fraction of sp³-hybridized carbons (Fsp3) is 0.704. The number of amides is 2. The zero-order valence-electron chi connectivity index (χ0n) is 22.4. The van der Waals surface area contributed by atoms with E-state index in [1.807, 2.05) is 23.1 Å². The van der Waals surface area contributed by atoms with E-state index in [1.165, 1.54) is 6.26 Å². The molecule has 0 spiro atoms. The summed E-state index contributed by atoms with van der Waals surface area (Å²) >= 11 is 0. The molecular weight excluding hydrogens is 462 g/mol. The van der Waals surface area contributed by atoms with Crippen LogP contribution in [0.3, 0.4) is 0 Å². The highest BCUT2D eigenvalue weighted by Crippen LogP contribution is 2.35. The maximum absolute atomic E-state index is 13.4. The minimum atomic E-state index is -3.18. The molecule has 1 N–H and O–H groups in total. The minimum absolute atomic E-state index is 0.0760. The van der Waals surface area contributed by atoms with Crippen molar-refractivity contribution < 1.29 is 18.0 Å². The van der Waals surface area contributed by atoms with E-state index < -0.39 is 15.9 Å². The molecule has 2 aliphatic rings. The van der Waals surface area contributed by atoms with Crippen molar-refractivity contribution in [2.24, 2.45) is 5.92 Å². The molecule has 1 aliphatic carbocycles. The average Bonchev–Trinajstić information content (AvgIpc) is 3.11. The molecule has 3 rings (SSSR count). The van der Waals surface area contributed by atoms with E-state index in [0.29, 0.717) is 30.6 Å². The van der Waals surface area contributed by atoms with E-state index in [1.54, 1.807) is 6.07 Å². The van der Waals surface area contributed by atoms with Crippen LogP contribution in [-0.2, 0) is 20.0 Å². The van der Waals surface area contributed by atoms with Crippen molar-refractivity contribution in [2.45, 2.75) is 89.9 Å². The molecule has 7 nitrogen and oxygen atoms in total. The monoisotopic (exact) mass is 505 g/mol. The van der Waals surface area contributed by atoms with Gasteiger partial charge in [0.05, 0.1) is 5.75 Å². The van der Waals surface area contributed by atoms with Gasteiger partial charge >= 0.3 is 0 Å². The van der Waals surface area contributed by atoms with Gasteiger partial charge in [0.15, 0.2) is 0 Å². The Morgan fingerprint density at radius 2 is 1.89 bits per heavy atom. The van der Waals surface area contributed by atoms with Crippen LogP contribution < -0.4 is 5.32 Å². The van der Waals surface area contributed by atoms with Crippen LogP contribution in [0.1, 0.15) is 76.2 Å². The summed E-state index contributed by atoms with van der Waals surface area (Å²) in [7, 11) is -1.09. The summed E-state index contributed by atoms with van der Waals surface area (Å²) in [6, 6.07) is 7.55. The van der Waals surface area contributed by atoms with Gasteiger partial charge in [-0.1, -0.05) is 32.9 Å². The third kappa shape index (κ3) is 6.85. The molecule has 0 radical (unpaired) electrons. The first-order chi connectivity index (χ1) is 16.2. The molecule has 1 heterocycles. The lowest BCUT2D eigenvalue weighted by Gasteiger charge is -2.44. The third-order valence-corrected chi connectivity index (χ3v) is 8.79. The van der Waals surface area contributed by atoms with Crippen LogP contribution in [0.15, 0.2) is 24.3 Å². The molecule has 2 fully saturated rings. The van der Waals surface area contributed by atoms with E-state index in [4.69, 9.17) is 0 Å². The summed E-state index contributed by atoms with van der Waals surface area (Å²) < 4.78 is 24.5. The Balaban J connectivity index is 1.72. The van der Waals surface area contributed by atoms with Crippen molar-refractivity contribution >= 4 is 21.7 Å². The highest BCUT2D eigenvalue weighted by Gasteiger charge is 2.43. The molecular formula is C27H43N3O4S. The molecule has 2 amide bonds. The molecule has 1 aliphatic heterocycles. The van der Waals surface area contributed by atoms with E-state index in [0.717, 1.165) is 24.8 Å². The molecule has 0 aromatic heterocycles. The van der Waals surface area contributed by atoms with Gasteiger partial charge in [0.2, 0.25) is 5.91 Å². The SMILES string of the molecule is CC(C)N(C)[C@@H]1CC[C@H](N2CCC(NC(=O)c3cccc(C(C)(C)C)c3)C2=O)[C@H](CS(C)(=O)=O)C1. The Morgan fingerprint density at radius 3 is 2.49 bits per heavy atom. The molecule has 1 aromatic rings. The van der Waals surface area contributed by atoms with Gasteiger partial charge in [-0.05, 0) is 75.6 Å². The highest BCUT2D eigenvalue weighted by atomic mass is 32.2. The summed E-state index contributed by atoms with van der Waals surface area (Å²) in [5.74, 6) is -0.358. The second-order valence-electron chi connectivity index (χ2n) is 11.8. The van der Waals surface area contributed by atoms with Gasteiger partial charge in [0, 0.05) is 36.5 Å². The van der Waals surface area contributed by atoms with Gasteiger partial charge in [-0.25, -0.2) is 8.42 Å². The predicted molar refractivity (Wildman–Crippen MR) is 140 cm³/mol. The topological polar surface area (TPSA) is 86.8 Å². The van der Waals surface area contributed by atoms with E-state index in [9.17, 15) is 18.0 Å². The summed E-state index contributed by atoms with van der Waals surface area (Å²) in [5, 5.41) is 2.94. The summed E-state index contributed by atoms with van der Waals surface area (Å²) in [5.41, 5.74) is 1.54. The number of benzene rings is 1. The van der Waals surface area contributed by atoms with Crippen LogP contribution in [0.2, 0.25) is 0 Å². The second kappa shape index (κ2) is 10.6. The highest BCUT2D eigenvalue weighted by molar-refractivity contribution is 7.90. The molecule has 0 bridgehead atoms. The summed E-state index contributed by atoms with van der Waals surface area (Å²) in [6.45, 7) is 11.1. The van der Waals surface area contributed by atoms with Crippen molar-refractivity contribution in [2.75, 3.05) is 25.6 Å². The van der Waals surface area contributed by atoms with Crippen molar-refractivity contribution in [3.8, 4) is 0 Å². The lowest BCUT2D eigenvalue weighted by molar-refractivity contribution is -0.133. The fourth-order valence-electron chi connectivity index (χ4n) is 5.53. The smallest absolute Gasteiger partial charge is 0.251 e. The molecule has 1 saturated carbocycles. The van der Waals surface area contributed by atoms with Crippen molar-refractivity contribution in [3.05, 3.63) is 35.4 Å². The van der Waals surface area contributed by atoms with Gasteiger partial charge in [-0.3, -0.25) is 9.59 Å². The number of nitrogens with zero attached hydrogens (tertiary/aromatic N) is 2. The Hall–Kier alpha value is -1.93. The van der Waals surface area contributed by atoms with Crippen LogP contribution in [0, 0.1) is 5.92 Å². The number of carbonyl (C=O) groups excluding carboxylic acids is 2. The second-order valence-corrected chi connectivity index (χ2v) is 14.0. The maximum Gasteiger partial charge on any atom is 0.251 e. The summed E-state index contributed by atoms with van der Waals surface area (Å²) in [4.78, 5) is 30.5. The first kappa shape index (κ1) is 27.7. The lowest BCUT2D eigenvalue weighted by atomic mass is 9.81. The quantitative estimate of drug-likeness (QED) is 0.615. The number of rotatable bonds is 7. The first-order valence-electron chi connectivity index (χ1n) is 12.8. The van der Waals surface area contributed by atoms with E-state index in [2.05, 4.69) is 51.9 Å². The predicted octanol–water partition coefficient (Wildman–Crippen LogP) is 3.24. The van der Waals surface area contributed by atoms with Crippen LogP contribution in [0.4, 0.5) is 0 Å². The number of sulfone groups is 1. The lowest BCUT2D eigenvalue weighted by Crippen LogP contribution is -2.53. The number of carbonyl (C=O) groups is 2. The van der Waals surface area contributed by atoms with Crippen molar-refractivity contribution in [1.29, 1.82) is 0 Å². The first-order valence-corrected chi connectivity index (χ1v) is 14.8. The van der Waals surface area contributed by atoms with Gasteiger partial charge in [0.25, 0.3) is 5.91 Å². The number of hydrogen-bond acceptors (Lipinski definition) is 5. The van der Waals surface area contributed by atoms with Gasteiger partial charge in [-0.15, -0.1) is 0 Å². The third-order valence-electron chi connectivity index (χ3n) is 7.76. The zero-order chi connectivity index (χ0) is 26.1. The number of nitrogens with one attached hydrogen (secondary N) is 1. The van der Waals surface area contributed by atoms with E-state index in [-0.39, 0.29) is 34.9 Å².